The van der Waals surface area contributed by atoms with E-state index >= 15 is 0 Å². The average Bonchev–Trinajstić information content (AvgIpc) is 2.48. The Morgan fingerprint density at radius 1 is 1.11 bits per heavy atom. The smallest absolute Gasteiger partial charge is 0.119 e. The molecule has 1 atom stereocenters. The molecule has 0 aromatic heterocycles. The maximum atomic E-state index is 8.67. The first-order valence-electron chi connectivity index (χ1n) is 6.34. The number of nitrogens with zero attached hydrogens (tertiary/aromatic N) is 1. The highest BCUT2D eigenvalue weighted by Gasteiger charge is 2.09. The summed E-state index contributed by atoms with van der Waals surface area (Å²) >= 11 is 0. The van der Waals surface area contributed by atoms with Crippen molar-refractivity contribution in [3.8, 4) is 11.8 Å². The second-order valence-electron chi connectivity index (χ2n) is 4.57. The van der Waals surface area contributed by atoms with Gasteiger partial charge in [-0.25, -0.2) is 0 Å². The number of nitriles is 1. The lowest BCUT2D eigenvalue weighted by molar-refractivity contribution is 0.414. The zero-order valence-corrected chi connectivity index (χ0v) is 11.3. The Bertz CT molecular complexity index is 581. The van der Waals surface area contributed by atoms with Crippen molar-refractivity contribution in [2.75, 3.05) is 7.11 Å². The normalized spacial score (nSPS) is 11.6. The maximum absolute atomic E-state index is 8.67. The first-order chi connectivity index (χ1) is 9.24. The van der Waals surface area contributed by atoms with Crippen LogP contribution in [0.3, 0.4) is 0 Å². The van der Waals surface area contributed by atoms with Gasteiger partial charge >= 0.3 is 0 Å². The zero-order valence-electron chi connectivity index (χ0n) is 11.3. The van der Waals surface area contributed by atoms with Gasteiger partial charge in [0.1, 0.15) is 5.75 Å². The van der Waals surface area contributed by atoms with E-state index in [1.54, 1.807) is 7.11 Å². The highest BCUT2D eigenvalue weighted by molar-refractivity contribution is 5.37. The Hall–Kier alpha value is -2.27. The summed E-state index contributed by atoms with van der Waals surface area (Å²) in [6.07, 6.45) is 0.466. The lowest BCUT2D eigenvalue weighted by Gasteiger charge is -2.14. The monoisotopic (exact) mass is 251 g/mol. The number of ether oxygens (including phenoxy) is 1. The summed E-state index contributed by atoms with van der Waals surface area (Å²) in [4.78, 5) is 0. The van der Waals surface area contributed by atoms with E-state index in [1.807, 2.05) is 24.3 Å². The van der Waals surface area contributed by atoms with E-state index in [9.17, 15) is 0 Å². The van der Waals surface area contributed by atoms with Crippen molar-refractivity contribution < 1.29 is 4.74 Å². The fourth-order valence-corrected chi connectivity index (χ4v) is 2.12. The van der Waals surface area contributed by atoms with E-state index < -0.39 is 0 Å². The first-order valence-corrected chi connectivity index (χ1v) is 6.34. The summed E-state index contributed by atoms with van der Waals surface area (Å²) in [6.45, 7) is 2.17. The van der Waals surface area contributed by atoms with Gasteiger partial charge in [-0.2, -0.15) is 5.26 Å². The van der Waals surface area contributed by atoms with Crippen LogP contribution in [0.4, 0.5) is 0 Å². The van der Waals surface area contributed by atoms with Crippen LogP contribution in [0, 0.1) is 11.3 Å². The molecular weight excluding hydrogens is 234 g/mol. The molecular formula is C17H17NO. The molecule has 2 rings (SSSR count). The third-order valence-corrected chi connectivity index (χ3v) is 3.36. The van der Waals surface area contributed by atoms with Crippen molar-refractivity contribution in [3.05, 3.63) is 65.2 Å². The topological polar surface area (TPSA) is 33.0 Å². The van der Waals surface area contributed by atoms with Gasteiger partial charge in [-0.3, -0.25) is 0 Å². The Kier molecular flexibility index (Phi) is 4.20. The van der Waals surface area contributed by atoms with Gasteiger partial charge in [0, 0.05) is 5.92 Å². The molecule has 0 heterocycles. The fraction of sp³-hybridized carbons (Fsp3) is 0.235. The van der Waals surface area contributed by atoms with Gasteiger partial charge in [-0.1, -0.05) is 43.3 Å². The lowest BCUT2D eigenvalue weighted by Crippen LogP contribution is -1.97. The van der Waals surface area contributed by atoms with Crippen LogP contribution in [-0.4, -0.2) is 7.11 Å². The average molecular weight is 251 g/mol. The summed E-state index contributed by atoms with van der Waals surface area (Å²) in [6, 6.07) is 18.5. The standard InChI is InChI=1S/C17H17NO/c1-13(16-4-3-5-17(12-16)19-2)15-8-6-14(7-9-15)10-11-18/h3-9,12-13H,10H2,1-2H3. The van der Waals surface area contributed by atoms with Crippen molar-refractivity contribution in [2.24, 2.45) is 0 Å². The molecule has 0 aliphatic rings. The van der Waals surface area contributed by atoms with Crippen molar-refractivity contribution in [3.63, 3.8) is 0 Å². The van der Waals surface area contributed by atoms with Gasteiger partial charge in [0.05, 0.1) is 19.6 Å². The second kappa shape index (κ2) is 6.06. The highest BCUT2D eigenvalue weighted by Crippen LogP contribution is 2.26. The summed E-state index contributed by atoms with van der Waals surface area (Å²) < 4.78 is 5.26. The third kappa shape index (κ3) is 3.14. The molecule has 96 valence electrons. The third-order valence-electron chi connectivity index (χ3n) is 3.36. The van der Waals surface area contributed by atoms with E-state index in [-0.39, 0.29) is 0 Å². The van der Waals surface area contributed by atoms with Crippen LogP contribution in [0.5, 0.6) is 5.75 Å². The second-order valence-corrected chi connectivity index (χ2v) is 4.57. The van der Waals surface area contributed by atoms with Crippen LogP contribution in [0.2, 0.25) is 0 Å². The summed E-state index contributed by atoms with van der Waals surface area (Å²) in [7, 11) is 1.68. The molecule has 0 saturated carbocycles. The summed E-state index contributed by atoms with van der Waals surface area (Å²) in [5, 5.41) is 8.67. The molecule has 2 nitrogen and oxygen atoms in total. The number of hydrogen-bond acceptors (Lipinski definition) is 2. The van der Waals surface area contributed by atoms with E-state index in [0.717, 1.165) is 11.3 Å². The quantitative estimate of drug-likeness (QED) is 0.825. The summed E-state index contributed by atoms with van der Waals surface area (Å²) in [5.74, 6) is 1.19. The van der Waals surface area contributed by atoms with Gasteiger partial charge in [0.15, 0.2) is 0 Å². The molecule has 1 unspecified atom stereocenters. The number of rotatable bonds is 4. The maximum Gasteiger partial charge on any atom is 0.119 e. The van der Waals surface area contributed by atoms with Gasteiger partial charge in [-0.15, -0.1) is 0 Å². The lowest BCUT2D eigenvalue weighted by atomic mass is 9.92. The number of methoxy groups -OCH3 is 1. The molecule has 0 amide bonds. The van der Waals surface area contributed by atoms with Gasteiger partial charge in [0.2, 0.25) is 0 Å². The molecule has 2 heteroatoms. The molecule has 0 bridgehead atoms. The summed E-state index contributed by atoms with van der Waals surface area (Å²) in [5.41, 5.74) is 3.53. The minimum absolute atomic E-state index is 0.311. The molecule has 0 N–H and O–H groups in total. The van der Waals surface area contributed by atoms with Crippen LogP contribution in [0.25, 0.3) is 0 Å². The van der Waals surface area contributed by atoms with E-state index in [4.69, 9.17) is 10.00 Å². The Labute approximate surface area is 114 Å². The molecule has 0 spiro atoms. The molecule has 0 saturated heterocycles. The van der Waals surface area contributed by atoms with Crippen LogP contribution in [-0.2, 0) is 6.42 Å². The van der Waals surface area contributed by atoms with Crippen molar-refractivity contribution in [2.45, 2.75) is 19.3 Å². The minimum Gasteiger partial charge on any atom is -0.497 e. The number of hydrogen-bond donors (Lipinski definition) is 0. The molecule has 0 aliphatic heterocycles. The van der Waals surface area contributed by atoms with Crippen LogP contribution >= 0.6 is 0 Å². The first kappa shape index (κ1) is 13.2. The van der Waals surface area contributed by atoms with Crippen molar-refractivity contribution in [1.29, 1.82) is 5.26 Å². The van der Waals surface area contributed by atoms with Gasteiger partial charge in [-0.05, 0) is 28.8 Å². The predicted molar refractivity (Wildman–Crippen MR) is 76.3 cm³/mol. The Morgan fingerprint density at radius 3 is 2.47 bits per heavy atom. The number of benzene rings is 2. The van der Waals surface area contributed by atoms with E-state index in [1.165, 1.54) is 11.1 Å². The molecule has 0 fully saturated rings. The Morgan fingerprint density at radius 2 is 1.84 bits per heavy atom. The van der Waals surface area contributed by atoms with Crippen molar-refractivity contribution in [1.82, 2.24) is 0 Å². The van der Waals surface area contributed by atoms with Crippen molar-refractivity contribution >= 4 is 0 Å². The highest BCUT2D eigenvalue weighted by atomic mass is 16.5. The van der Waals surface area contributed by atoms with E-state index in [0.29, 0.717) is 12.3 Å². The molecule has 2 aromatic rings. The molecule has 19 heavy (non-hydrogen) atoms. The SMILES string of the molecule is COc1cccc(C(C)c2ccc(CC#N)cc2)c1. The minimum atomic E-state index is 0.311. The molecule has 0 radical (unpaired) electrons. The predicted octanol–water partition coefficient (Wildman–Crippen LogP) is 3.91. The van der Waals surface area contributed by atoms with Crippen LogP contribution in [0.15, 0.2) is 48.5 Å². The fourth-order valence-electron chi connectivity index (χ4n) is 2.12. The molecule has 2 aromatic carbocycles. The van der Waals surface area contributed by atoms with Crippen LogP contribution < -0.4 is 4.74 Å². The Balaban J connectivity index is 2.23. The largest absolute Gasteiger partial charge is 0.497 e. The zero-order chi connectivity index (χ0) is 13.7. The van der Waals surface area contributed by atoms with Gasteiger partial charge < -0.3 is 4.74 Å². The van der Waals surface area contributed by atoms with Crippen LogP contribution in [0.1, 0.15) is 29.5 Å². The van der Waals surface area contributed by atoms with E-state index in [2.05, 4.69) is 37.3 Å². The molecule has 0 aliphatic carbocycles. The van der Waals surface area contributed by atoms with Gasteiger partial charge in [0.25, 0.3) is 0 Å².